The van der Waals surface area contributed by atoms with E-state index in [9.17, 15) is 14.9 Å². The van der Waals surface area contributed by atoms with Crippen LogP contribution in [0.2, 0.25) is 5.02 Å². The molecule has 108 valence electrons. The third-order valence-corrected chi connectivity index (χ3v) is 3.22. The normalized spacial score (nSPS) is 10.2. The van der Waals surface area contributed by atoms with Crippen LogP contribution in [-0.2, 0) is 0 Å². The molecule has 5 nitrogen and oxygen atoms in total. The van der Waals surface area contributed by atoms with Crippen molar-refractivity contribution in [1.29, 1.82) is 0 Å². The van der Waals surface area contributed by atoms with Crippen LogP contribution in [0.1, 0.15) is 21.5 Å². The third kappa shape index (κ3) is 3.03. The van der Waals surface area contributed by atoms with Gasteiger partial charge in [0.1, 0.15) is 0 Å². The van der Waals surface area contributed by atoms with Crippen LogP contribution in [0.5, 0.6) is 11.5 Å². The average molecular weight is 306 g/mol. The van der Waals surface area contributed by atoms with Gasteiger partial charge in [-0.3, -0.25) is 14.9 Å². The van der Waals surface area contributed by atoms with Crippen molar-refractivity contribution in [2.75, 3.05) is 0 Å². The molecule has 0 saturated carbocycles. The van der Waals surface area contributed by atoms with Crippen LogP contribution in [-0.4, -0.2) is 11.2 Å². The lowest BCUT2D eigenvalue weighted by Crippen LogP contribution is -1.99. The molecule has 0 heterocycles. The van der Waals surface area contributed by atoms with Crippen LogP contribution in [0, 0.1) is 24.0 Å². The number of halogens is 1. The minimum Gasteiger partial charge on any atom is -0.448 e. The Balaban J connectivity index is 2.60. The van der Waals surface area contributed by atoms with Crippen molar-refractivity contribution in [1.82, 2.24) is 0 Å². The first-order chi connectivity index (χ1) is 9.93. The molecule has 0 atom stereocenters. The zero-order valence-electron chi connectivity index (χ0n) is 11.4. The fourth-order valence-electron chi connectivity index (χ4n) is 2.03. The number of aldehydes is 1. The minimum atomic E-state index is -0.521. The second kappa shape index (κ2) is 5.93. The number of para-hydroxylation sites is 1. The number of carbonyl (C=O) groups is 1. The Morgan fingerprint density at radius 1 is 1.24 bits per heavy atom. The summed E-state index contributed by atoms with van der Waals surface area (Å²) in [5, 5.41) is 11.4. The molecule has 21 heavy (non-hydrogen) atoms. The molecule has 0 aromatic heterocycles. The van der Waals surface area contributed by atoms with Crippen LogP contribution < -0.4 is 4.74 Å². The zero-order valence-corrected chi connectivity index (χ0v) is 12.2. The monoisotopic (exact) mass is 305 g/mol. The SMILES string of the molecule is Cc1cc(C)c(Oc2c(Cl)cccc2C=O)c([N+](=O)[O-])c1. The van der Waals surface area contributed by atoms with Gasteiger partial charge in [-0.1, -0.05) is 23.7 Å². The molecule has 0 amide bonds. The Kier molecular flexibility index (Phi) is 4.23. The third-order valence-electron chi connectivity index (χ3n) is 2.92. The number of nitro groups is 1. The molecule has 0 bridgehead atoms. The molecule has 0 N–H and O–H groups in total. The van der Waals surface area contributed by atoms with Gasteiger partial charge < -0.3 is 4.74 Å². The quantitative estimate of drug-likeness (QED) is 0.475. The topological polar surface area (TPSA) is 69.4 Å². The Morgan fingerprint density at radius 3 is 2.57 bits per heavy atom. The maximum atomic E-state index is 11.2. The number of nitrogens with zero attached hydrogens (tertiary/aromatic N) is 1. The Morgan fingerprint density at radius 2 is 1.95 bits per heavy atom. The average Bonchev–Trinajstić information content (AvgIpc) is 2.42. The number of carbonyl (C=O) groups excluding carboxylic acids is 1. The van der Waals surface area contributed by atoms with Crippen LogP contribution in [0.15, 0.2) is 30.3 Å². The number of benzene rings is 2. The van der Waals surface area contributed by atoms with Crippen molar-refractivity contribution >= 4 is 23.6 Å². The summed E-state index contributed by atoms with van der Waals surface area (Å²) in [6.07, 6.45) is 0.594. The molecule has 0 aliphatic rings. The number of nitro benzene ring substituents is 1. The minimum absolute atomic E-state index is 0.0850. The van der Waals surface area contributed by atoms with E-state index in [0.717, 1.165) is 5.56 Å². The van der Waals surface area contributed by atoms with E-state index in [2.05, 4.69) is 0 Å². The molecule has 6 heteroatoms. The first-order valence-electron chi connectivity index (χ1n) is 6.11. The van der Waals surface area contributed by atoms with Crippen molar-refractivity contribution < 1.29 is 14.5 Å². The van der Waals surface area contributed by atoms with Crippen molar-refractivity contribution in [3.63, 3.8) is 0 Å². The molecule has 0 aliphatic carbocycles. The molecule has 2 aromatic rings. The van der Waals surface area contributed by atoms with Gasteiger partial charge in [0.2, 0.25) is 5.75 Å². The Bertz CT molecular complexity index is 728. The van der Waals surface area contributed by atoms with Crippen molar-refractivity contribution in [3.05, 3.63) is 62.2 Å². The van der Waals surface area contributed by atoms with E-state index in [-0.39, 0.29) is 27.8 Å². The highest BCUT2D eigenvalue weighted by Crippen LogP contribution is 2.39. The molecule has 2 aromatic carbocycles. The zero-order chi connectivity index (χ0) is 15.6. The predicted octanol–water partition coefficient (Wildman–Crippen LogP) is 4.47. The molecular formula is C15H12ClNO4. The molecule has 0 aliphatic heterocycles. The standard InChI is InChI=1S/C15H12ClNO4/c1-9-6-10(2)14(13(7-9)17(19)20)21-15-11(8-18)4-3-5-12(15)16/h3-8H,1-2H3. The molecule has 0 fully saturated rings. The lowest BCUT2D eigenvalue weighted by atomic mass is 10.1. The second-order valence-electron chi connectivity index (χ2n) is 4.57. The summed E-state index contributed by atoms with van der Waals surface area (Å²) in [7, 11) is 0. The summed E-state index contributed by atoms with van der Waals surface area (Å²) >= 11 is 6.02. The molecular weight excluding hydrogens is 294 g/mol. The first-order valence-corrected chi connectivity index (χ1v) is 6.49. The van der Waals surface area contributed by atoms with Crippen molar-refractivity contribution in [3.8, 4) is 11.5 Å². The van der Waals surface area contributed by atoms with Gasteiger partial charge >= 0.3 is 5.69 Å². The summed E-state index contributed by atoms with van der Waals surface area (Å²) in [6.45, 7) is 3.46. The number of hydrogen-bond acceptors (Lipinski definition) is 4. The highest BCUT2D eigenvalue weighted by molar-refractivity contribution is 6.32. The van der Waals surface area contributed by atoms with E-state index in [0.29, 0.717) is 11.8 Å². The summed E-state index contributed by atoms with van der Waals surface area (Å²) in [6, 6.07) is 7.87. The fourth-order valence-corrected chi connectivity index (χ4v) is 2.25. The highest BCUT2D eigenvalue weighted by atomic mass is 35.5. The second-order valence-corrected chi connectivity index (χ2v) is 4.97. The summed E-state index contributed by atoms with van der Waals surface area (Å²) in [4.78, 5) is 21.7. The number of aryl methyl sites for hydroxylation is 2. The van der Waals surface area contributed by atoms with E-state index in [1.807, 2.05) is 0 Å². The van der Waals surface area contributed by atoms with Gasteiger partial charge in [-0.2, -0.15) is 0 Å². The summed E-state index contributed by atoms with van der Waals surface area (Å²) in [5.74, 6) is 0.200. The highest BCUT2D eigenvalue weighted by Gasteiger charge is 2.21. The maximum absolute atomic E-state index is 11.2. The van der Waals surface area contributed by atoms with Crippen LogP contribution in [0.25, 0.3) is 0 Å². The van der Waals surface area contributed by atoms with Crippen LogP contribution in [0.4, 0.5) is 5.69 Å². The van der Waals surface area contributed by atoms with Gasteiger partial charge in [-0.05, 0) is 37.1 Å². The van der Waals surface area contributed by atoms with Gasteiger partial charge in [0.25, 0.3) is 0 Å². The van der Waals surface area contributed by atoms with E-state index in [1.165, 1.54) is 12.1 Å². The van der Waals surface area contributed by atoms with Crippen molar-refractivity contribution in [2.45, 2.75) is 13.8 Å². The predicted molar refractivity (Wildman–Crippen MR) is 79.5 cm³/mol. The molecule has 2 rings (SSSR count). The Hall–Kier alpha value is -2.40. The Labute approximate surface area is 126 Å². The molecule has 0 saturated heterocycles. The van der Waals surface area contributed by atoms with Gasteiger partial charge in [0, 0.05) is 6.07 Å². The van der Waals surface area contributed by atoms with E-state index < -0.39 is 4.92 Å². The smallest absolute Gasteiger partial charge is 0.312 e. The maximum Gasteiger partial charge on any atom is 0.312 e. The van der Waals surface area contributed by atoms with Gasteiger partial charge in [0.05, 0.1) is 15.5 Å². The summed E-state index contributed by atoms with van der Waals surface area (Å²) < 4.78 is 5.60. The first kappa shape index (κ1) is 15.0. The number of rotatable bonds is 4. The van der Waals surface area contributed by atoms with Gasteiger partial charge in [-0.15, -0.1) is 0 Å². The van der Waals surface area contributed by atoms with Gasteiger partial charge in [-0.25, -0.2) is 0 Å². The lowest BCUT2D eigenvalue weighted by molar-refractivity contribution is -0.385. The fraction of sp³-hybridized carbons (Fsp3) is 0.133. The number of ether oxygens (including phenoxy) is 1. The van der Waals surface area contributed by atoms with Crippen molar-refractivity contribution in [2.24, 2.45) is 0 Å². The van der Waals surface area contributed by atoms with Crippen LogP contribution in [0.3, 0.4) is 0 Å². The lowest BCUT2D eigenvalue weighted by Gasteiger charge is -2.12. The molecule has 0 radical (unpaired) electrons. The van der Waals surface area contributed by atoms with E-state index >= 15 is 0 Å². The molecule has 0 spiro atoms. The van der Waals surface area contributed by atoms with Gasteiger partial charge in [0.15, 0.2) is 12.0 Å². The van der Waals surface area contributed by atoms with E-state index in [1.54, 1.807) is 32.0 Å². The summed E-state index contributed by atoms with van der Waals surface area (Å²) in [5.41, 5.74) is 1.42. The molecule has 0 unspecified atom stereocenters. The van der Waals surface area contributed by atoms with Crippen LogP contribution >= 0.6 is 11.6 Å². The van der Waals surface area contributed by atoms with E-state index in [4.69, 9.17) is 16.3 Å². The largest absolute Gasteiger partial charge is 0.448 e. The number of hydrogen-bond donors (Lipinski definition) is 0.